The number of aryl methyl sites for hydroxylation is 1. The van der Waals surface area contributed by atoms with Crippen molar-refractivity contribution in [3.63, 3.8) is 0 Å². The maximum absolute atomic E-state index is 12.4. The summed E-state index contributed by atoms with van der Waals surface area (Å²) < 4.78 is 4.77. The summed E-state index contributed by atoms with van der Waals surface area (Å²) in [5, 5.41) is 3.47. The minimum absolute atomic E-state index is 0.0983. The van der Waals surface area contributed by atoms with Crippen LogP contribution < -0.4 is 10.3 Å². The highest BCUT2D eigenvalue weighted by Crippen LogP contribution is 2.15. The Morgan fingerprint density at radius 1 is 1.27 bits per heavy atom. The van der Waals surface area contributed by atoms with E-state index in [1.807, 2.05) is 24.5 Å². The summed E-state index contributed by atoms with van der Waals surface area (Å²) in [6, 6.07) is 7.33. The number of nitrogens with one attached hydrogen (secondary N) is 1. The van der Waals surface area contributed by atoms with Gasteiger partial charge in [0.25, 0.3) is 5.91 Å². The van der Waals surface area contributed by atoms with E-state index >= 15 is 0 Å². The van der Waals surface area contributed by atoms with E-state index in [0.717, 1.165) is 12.0 Å². The average molecular weight is 305 g/mol. The summed E-state index contributed by atoms with van der Waals surface area (Å²) in [5.41, 5.74) is 3.20. The Bertz CT molecular complexity index is 567. The fourth-order valence-electron chi connectivity index (χ4n) is 1.70. The molecule has 0 aliphatic rings. The Morgan fingerprint density at radius 2 is 1.91 bits per heavy atom. The fourth-order valence-corrected chi connectivity index (χ4v) is 1.70. The Hall–Kier alpha value is -2.70. The van der Waals surface area contributed by atoms with E-state index in [0.29, 0.717) is 5.69 Å². The number of rotatable bonds is 7. The molecule has 22 heavy (non-hydrogen) atoms. The largest absolute Gasteiger partial charge is 0.461 e. The minimum Gasteiger partial charge on any atom is -0.461 e. The molecule has 0 fully saturated rings. The standard InChI is InChI=1S/C15H19N3O4/c1-4-11-6-8-12(9-7-11)18(3)14(20)13(17-16-10-19)15(21)22-5-2/h6-10H,4-5H2,1-3H3,(H,16,19)/b17-13+. The fraction of sp³-hybridized carbons (Fsp3) is 0.333. The number of amides is 2. The van der Waals surface area contributed by atoms with Crippen LogP contribution in [0.3, 0.4) is 0 Å². The van der Waals surface area contributed by atoms with Crippen LogP contribution in [0.5, 0.6) is 0 Å². The predicted molar refractivity (Wildman–Crippen MR) is 82.5 cm³/mol. The summed E-state index contributed by atoms with van der Waals surface area (Å²) in [7, 11) is 1.51. The van der Waals surface area contributed by atoms with Gasteiger partial charge in [-0.3, -0.25) is 9.59 Å². The van der Waals surface area contributed by atoms with Gasteiger partial charge in [0.15, 0.2) is 0 Å². The van der Waals surface area contributed by atoms with Gasteiger partial charge in [0.05, 0.1) is 6.61 Å². The molecule has 1 aromatic carbocycles. The molecule has 1 N–H and O–H groups in total. The van der Waals surface area contributed by atoms with Crippen molar-refractivity contribution in [2.24, 2.45) is 5.10 Å². The second kappa shape index (κ2) is 8.56. The molecule has 0 radical (unpaired) electrons. The van der Waals surface area contributed by atoms with E-state index in [9.17, 15) is 14.4 Å². The predicted octanol–water partition coefficient (Wildman–Crippen LogP) is 0.877. The summed E-state index contributed by atoms with van der Waals surface area (Å²) in [4.78, 5) is 35.7. The number of benzene rings is 1. The number of ether oxygens (including phenoxy) is 1. The molecule has 0 atom stereocenters. The van der Waals surface area contributed by atoms with E-state index in [1.165, 1.54) is 11.9 Å². The van der Waals surface area contributed by atoms with Gasteiger partial charge in [0.1, 0.15) is 0 Å². The van der Waals surface area contributed by atoms with Crippen molar-refractivity contribution in [2.45, 2.75) is 20.3 Å². The van der Waals surface area contributed by atoms with Crippen LogP contribution in [-0.4, -0.2) is 37.7 Å². The second-order valence-electron chi connectivity index (χ2n) is 4.31. The Kier molecular flexibility index (Phi) is 6.75. The number of hydrogen-bond acceptors (Lipinski definition) is 5. The van der Waals surface area contributed by atoms with Gasteiger partial charge >= 0.3 is 5.97 Å². The monoisotopic (exact) mass is 305 g/mol. The maximum atomic E-state index is 12.4. The lowest BCUT2D eigenvalue weighted by Crippen LogP contribution is -2.39. The van der Waals surface area contributed by atoms with Crippen molar-refractivity contribution in [3.8, 4) is 0 Å². The number of carbonyl (C=O) groups excluding carboxylic acids is 3. The molecule has 0 unspecified atom stereocenters. The van der Waals surface area contributed by atoms with Gasteiger partial charge in [0, 0.05) is 12.7 Å². The first-order valence-corrected chi connectivity index (χ1v) is 6.86. The normalized spacial score (nSPS) is 10.8. The molecule has 118 valence electrons. The van der Waals surface area contributed by atoms with E-state index in [1.54, 1.807) is 19.1 Å². The molecule has 7 heteroatoms. The maximum Gasteiger partial charge on any atom is 0.364 e. The zero-order chi connectivity index (χ0) is 16.5. The molecule has 0 saturated heterocycles. The number of hydrazone groups is 1. The lowest BCUT2D eigenvalue weighted by molar-refractivity contribution is -0.135. The first kappa shape index (κ1) is 17.4. The smallest absolute Gasteiger partial charge is 0.364 e. The van der Waals surface area contributed by atoms with Crippen molar-refractivity contribution in [2.75, 3.05) is 18.6 Å². The third-order valence-electron chi connectivity index (χ3n) is 2.94. The van der Waals surface area contributed by atoms with Crippen molar-refractivity contribution in [1.29, 1.82) is 0 Å². The molecule has 0 bridgehead atoms. The van der Waals surface area contributed by atoms with E-state index in [-0.39, 0.29) is 13.0 Å². The highest BCUT2D eigenvalue weighted by Gasteiger charge is 2.26. The molecular weight excluding hydrogens is 286 g/mol. The van der Waals surface area contributed by atoms with Gasteiger partial charge in [-0.15, -0.1) is 0 Å². The second-order valence-corrected chi connectivity index (χ2v) is 4.31. The highest BCUT2D eigenvalue weighted by molar-refractivity contribution is 6.66. The Morgan fingerprint density at radius 3 is 2.41 bits per heavy atom. The van der Waals surface area contributed by atoms with Crippen molar-refractivity contribution in [3.05, 3.63) is 29.8 Å². The van der Waals surface area contributed by atoms with Crippen LogP contribution in [0.25, 0.3) is 0 Å². The minimum atomic E-state index is -0.890. The van der Waals surface area contributed by atoms with Crippen LogP contribution in [0.1, 0.15) is 19.4 Å². The Balaban J connectivity index is 3.00. The molecule has 0 aliphatic heterocycles. The van der Waals surface area contributed by atoms with Crippen LogP contribution in [0.2, 0.25) is 0 Å². The molecule has 0 spiro atoms. The van der Waals surface area contributed by atoms with Gasteiger partial charge in [-0.25, -0.2) is 10.2 Å². The number of hydrogen-bond donors (Lipinski definition) is 1. The Labute approximate surface area is 128 Å². The van der Waals surface area contributed by atoms with Crippen molar-refractivity contribution >= 4 is 29.7 Å². The molecule has 7 nitrogen and oxygen atoms in total. The van der Waals surface area contributed by atoms with Gasteiger partial charge in [0.2, 0.25) is 12.1 Å². The molecule has 1 aromatic rings. The van der Waals surface area contributed by atoms with Gasteiger partial charge in [-0.1, -0.05) is 19.1 Å². The molecule has 0 heterocycles. The van der Waals surface area contributed by atoms with E-state index in [4.69, 9.17) is 4.74 Å². The third-order valence-corrected chi connectivity index (χ3v) is 2.94. The van der Waals surface area contributed by atoms with E-state index < -0.39 is 17.6 Å². The molecule has 2 amide bonds. The van der Waals surface area contributed by atoms with Crippen LogP contribution in [0.4, 0.5) is 5.69 Å². The van der Waals surface area contributed by atoms with Crippen LogP contribution >= 0.6 is 0 Å². The topological polar surface area (TPSA) is 88.1 Å². The van der Waals surface area contributed by atoms with Crippen molar-refractivity contribution < 1.29 is 19.1 Å². The summed E-state index contributed by atoms with van der Waals surface area (Å²) in [6.45, 7) is 3.74. The molecular formula is C15H19N3O4. The highest BCUT2D eigenvalue weighted by atomic mass is 16.5. The quantitative estimate of drug-likeness (QED) is 0.266. The third kappa shape index (κ3) is 4.41. The number of esters is 1. The molecule has 0 aliphatic carbocycles. The average Bonchev–Trinajstić information content (AvgIpc) is 2.54. The SMILES string of the molecule is CCOC(=O)/C(=N/NC=O)C(=O)N(C)c1ccc(CC)cc1. The zero-order valence-corrected chi connectivity index (χ0v) is 12.8. The first-order valence-electron chi connectivity index (χ1n) is 6.86. The van der Waals surface area contributed by atoms with Gasteiger partial charge < -0.3 is 9.64 Å². The zero-order valence-electron chi connectivity index (χ0n) is 12.8. The summed E-state index contributed by atoms with van der Waals surface area (Å²) in [5.74, 6) is -1.56. The lowest BCUT2D eigenvalue weighted by atomic mass is 10.1. The van der Waals surface area contributed by atoms with Gasteiger partial charge in [-0.05, 0) is 31.0 Å². The van der Waals surface area contributed by atoms with Gasteiger partial charge in [-0.2, -0.15) is 5.10 Å². The summed E-state index contributed by atoms with van der Waals surface area (Å²) in [6.07, 6.45) is 1.15. The van der Waals surface area contributed by atoms with Crippen LogP contribution in [-0.2, 0) is 25.5 Å². The molecule has 1 rings (SSSR count). The number of carbonyl (C=O) groups is 3. The summed E-state index contributed by atoms with van der Waals surface area (Å²) >= 11 is 0. The van der Waals surface area contributed by atoms with Crippen molar-refractivity contribution in [1.82, 2.24) is 5.43 Å². The molecule has 0 aromatic heterocycles. The first-order chi connectivity index (χ1) is 10.5. The van der Waals surface area contributed by atoms with Crippen LogP contribution in [0.15, 0.2) is 29.4 Å². The van der Waals surface area contributed by atoms with E-state index in [2.05, 4.69) is 5.10 Å². The lowest BCUT2D eigenvalue weighted by Gasteiger charge is -2.18. The number of anilines is 1. The molecule has 0 saturated carbocycles. The number of nitrogens with zero attached hydrogens (tertiary/aromatic N) is 2. The van der Waals surface area contributed by atoms with Crippen LogP contribution in [0, 0.1) is 0 Å².